The molecule has 3 atom stereocenters. The summed E-state index contributed by atoms with van der Waals surface area (Å²) < 4.78 is 6.53. The van der Waals surface area contributed by atoms with Crippen molar-refractivity contribution in [1.29, 1.82) is 0 Å². The van der Waals surface area contributed by atoms with Gasteiger partial charge in [-0.1, -0.05) is 6.92 Å². The van der Waals surface area contributed by atoms with Gasteiger partial charge in [-0.05, 0) is 64.8 Å². The molecule has 3 rings (SSSR count). The number of carbonyl (C=O) groups is 2. The summed E-state index contributed by atoms with van der Waals surface area (Å²) in [5, 5.41) is 15.4. The van der Waals surface area contributed by atoms with Crippen LogP contribution in [0.4, 0.5) is 10.5 Å². The highest BCUT2D eigenvalue weighted by atomic mass is 16.5. The number of benzene rings is 1. The molecule has 1 aliphatic carbocycles. The van der Waals surface area contributed by atoms with Crippen LogP contribution in [0.5, 0.6) is 5.75 Å². The third-order valence-electron chi connectivity index (χ3n) is 6.35. The van der Waals surface area contributed by atoms with Crippen LogP contribution in [0.25, 0.3) is 0 Å². The molecule has 1 saturated carbocycles. The molecule has 8 nitrogen and oxygen atoms in total. The first-order chi connectivity index (χ1) is 15.7. The maximum absolute atomic E-state index is 13.2. The second-order valence-electron chi connectivity index (χ2n) is 10.1. The highest BCUT2D eigenvalue weighted by Gasteiger charge is 2.32. The van der Waals surface area contributed by atoms with Crippen LogP contribution in [-0.4, -0.2) is 78.3 Å². The van der Waals surface area contributed by atoms with Gasteiger partial charge in [0.1, 0.15) is 11.9 Å². The van der Waals surface area contributed by atoms with Crippen molar-refractivity contribution in [3.05, 3.63) is 23.8 Å². The summed E-state index contributed by atoms with van der Waals surface area (Å²) in [5.41, 5.74) is 1.35. The van der Waals surface area contributed by atoms with Crippen LogP contribution in [-0.2, 0) is 11.2 Å². The van der Waals surface area contributed by atoms with Crippen molar-refractivity contribution < 1.29 is 19.4 Å². The molecule has 0 spiro atoms. The number of ether oxygens (including phenoxy) is 1. The predicted octanol–water partition coefficient (Wildman–Crippen LogP) is 2.71. The van der Waals surface area contributed by atoms with Crippen molar-refractivity contribution in [1.82, 2.24) is 15.1 Å². The monoisotopic (exact) mass is 460 g/mol. The first-order valence-corrected chi connectivity index (χ1v) is 12.1. The first-order valence-electron chi connectivity index (χ1n) is 12.1. The van der Waals surface area contributed by atoms with Gasteiger partial charge in [0.15, 0.2) is 0 Å². The minimum absolute atomic E-state index is 0.0196. The Bertz CT molecular complexity index is 827. The van der Waals surface area contributed by atoms with E-state index in [9.17, 15) is 14.7 Å². The Labute approximate surface area is 197 Å². The van der Waals surface area contributed by atoms with Gasteiger partial charge >= 0.3 is 6.03 Å². The van der Waals surface area contributed by atoms with Gasteiger partial charge in [0.2, 0.25) is 5.91 Å². The van der Waals surface area contributed by atoms with E-state index in [2.05, 4.69) is 29.5 Å². The van der Waals surface area contributed by atoms with E-state index in [0.29, 0.717) is 18.0 Å². The molecule has 0 unspecified atom stereocenters. The fraction of sp³-hybridized carbons (Fsp3) is 0.680. The van der Waals surface area contributed by atoms with Crippen LogP contribution in [0.15, 0.2) is 18.2 Å². The number of aliphatic hydroxyl groups excluding tert-OH is 1. The average molecular weight is 461 g/mol. The second-order valence-corrected chi connectivity index (χ2v) is 10.1. The number of aliphatic hydroxyl groups is 1. The van der Waals surface area contributed by atoms with Crippen molar-refractivity contribution in [2.45, 2.75) is 65.1 Å². The maximum atomic E-state index is 13.2. The summed E-state index contributed by atoms with van der Waals surface area (Å²) in [7, 11) is 2.13. The number of anilines is 1. The molecule has 0 radical (unpaired) electrons. The second kappa shape index (κ2) is 11.2. The molecule has 33 heavy (non-hydrogen) atoms. The highest BCUT2D eigenvalue weighted by Crippen LogP contribution is 2.31. The Morgan fingerprint density at radius 1 is 1.27 bits per heavy atom. The quantitative estimate of drug-likeness (QED) is 0.555. The molecule has 1 aromatic rings. The molecular weight excluding hydrogens is 420 g/mol. The van der Waals surface area contributed by atoms with Crippen molar-refractivity contribution in [3.63, 3.8) is 0 Å². The Kier molecular flexibility index (Phi) is 8.59. The topological polar surface area (TPSA) is 94.1 Å². The van der Waals surface area contributed by atoms with Crippen LogP contribution >= 0.6 is 0 Å². The number of likely N-dealkylation sites (N-methyl/N-ethyl adjacent to an activating group) is 1. The number of urea groups is 1. The average Bonchev–Trinajstić information content (AvgIpc) is 3.54. The van der Waals surface area contributed by atoms with Crippen molar-refractivity contribution in [2.75, 3.05) is 38.6 Å². The molecule has 0 aromatic heterocycles. The number of carbonyl (C=O) groups excluding carboxylic acids is 2. The van der Waals surface area contributed by atoms with Gasteiger partial charge in [0.05, 0.1) is 19.1 Å². The lowest BCUT2D eigenvalue weighted by Crippen LogP contribution is -2.47. The molecular formula is C25H40N4O4. The smallest absolute Gasteiger partial charge is 0.319 e. The van der Waals surface area contributed by atoms with E-state index in [1.54, 1.807) is 4.90 Å². The Morgan fingerprint density at radius 3 is 2.64 bits per heavy atom. The van der Waals surface area contributed by atoms with Crippen molar-refractivity contribution in [3.8, 4) is 5.75 Å². The maximum Gasteiger partial charge on any atom is 0.319 e. The lowest BCUT2D eigenvalue weighted by molar-refractivity contribution is -0.134. The van der Waals surface area contributed by atoms with Crippen LogP contribution in [0.1, 0.15) is 46.1 Å². The fourth-order valence-electron chi connectivity index (χ4n) is 4.28. The number of fused-ring (bicyclic) bond motifs is 1. The number of nitrogens with zero attached hydrogens (tertiary/aromatic N) is 2. The van der Waals surface area contributed by atoms with Crippen LogP contribution in [0.3, 0.4) is 0 Å². The number of hydrogen-bond acceptors (Lipinski definition) is 5. The van der Waals surface area contributed by atoms with Crippen LogP contribution in [0, 0.1) is 11.8 Å². The third-order valence-corrected chi connectivity index (χ3v) is 6.35. The standard InChI is InChI=1S/C25H40N4O4/c1-16(2)26-25(32)27-21-8-9-22-20(10-21)11-24(31)29(18(4)15-30)12-17(3)23(33-22)14-28(5)13-19-6-7-19/h8-10,16-19,23,30H,6-7,11-15H2,1-5H3,(H2,26,27,32)/t17-,18-,23+/m1/s1. The molecule has 0 bridgehead atoms. The molecule has 8 heteroatoms. The Morgan fingerprint density at radius 2 is 2.00 bits per heavy atom. The number of nitrogens with one attached hydrogen (secondary N) is 2. The largest absolute Gasteiger partial charge is 0.488 e. The summed E-state index contributed by atoms with van der Waals surface area (Å²) in [4.78, 5) is 29.5. The fourth-order valence-corrected chi connectivity index (χ4v) is 4.28. The van der Waals surface area contributed by atoms with Gasteiger partial charge < -0.3 is 30.3 Å². The first kappa shape index (κ1) is 25.3. The lowest BCUT2D eigenvalue weighted by Gasteiger charge is -2.34. The summed E-state index contributed by atoms with van der Waals surface area (Å²) >= 11 is 0. The van der Waals surface area contributed by atoms with E-state index in [4.69, 9.17) is 4.74 Å². The Hall–Kier alpha value is -2.32. The summed E-state index contributed by atoms with van der Waals surface area (Å²) in [6.45, 7) is 10.0. The van der Waals surface area contributed by atoms with Crippen molar-refractivity contribution in [2.24, 2.45) is 11.8 Å². The predicted molar refractivity (Wildman–Crippen MR) is 129 cm³/mol. The normalized spacial score (nSPS) is 22.2. The molecule has 1 aromatic carbocycles. The van der Waals surface area contributed by atoms with E-state index in [0.717, 1.165) is 24.6 Å². The van der Waals surface area contributed by atoms with Gasteiger partial charge in [0, 0.05) is 42.8 Å². The summed E-state index contributed by atoms with van der Waals surface area (Å²) in [5.74, 6) is 1.49. The van der Waals surface area contributed by atoms with E-state index in [1.165, 1.54) is 12.8 Å². The van der Waals surface area contributed by atoms with E-state index in [1.807, 2.05) is 39.0 Å². The van der Waals surface area contributed by atoms with Crippen LogP contribution in [0.2, 0.25) is 0 Å². The van der Waals surface area contributed by atoms with Gasteiger partial charge in [-0.3, -0.25) is 4.79 Å². The zero-order chi connectivity index (χ0) is 24.1. The molecule has 1 heterocycles. The Balaban J connectivity index is 1.86. The van der Waals surface area contributed by atoms with E-state index >= 15 is 0 Å². The molecule has 1 aliphatic heterocycles. The van der Waals surface area contributed by atoms with Gasteiger partial charge in [0.25, 0.3) is 0 Å². The van der Waals surface area contributed by atoms with E-state index in [-0.39, 0.29) is 49.1 Å². The third kappa shape index (κ3) is 7.33. The molecule has 2 aliphatic rings. The molecule has 184 valence electrons. The van der Waals surface area contributed by atoms with Crippen LogP contribution < -0.4 is 15.4 Å². The SMILES string of the molecule is CC(C)NC(=O)Nc1ccc2c(c1)CC(=O)N([C@H](C)CO)C[C@@H](C)[C@H](CN(C)CC1CC1)O2. The van der Waals surface area contributed by atoms with Gasteiger partial charge in [-0.25, -0.2) is 4.79 Å². The summed E-state index contributed by atoms with van der Waals surface area (Å²) in [6, 6.07) is 4.93. The number of amides is 3. The van der Waals surface area contributed by atoms with E-state index < -0.39 is 0 Å². The molecule has 3 N–H and O–H groups in total. The zero-order valence-corrected chi connectivity index (χ0v) is 20.6. The highest BCUT2D eigenvalue weighted by molar-refractivity contribution is 5.90. The van der Waals surface area contributed by atoms with Gasteiger partial charge in [-0.15, -0.1) is 0 Å². The number of hydrogen-bond donors (Lipinski definition) is 3. The molecule has 3 amide bonds. The molecule has 0 saturated heterocycles. The van der Waals surface area contributed by atoms with Gasteiger partial charge in [-0.2, -0.15) is 0 Å². The molecule has 1 fully saturated rings. The minimum Gasteiger partial charge on any atom is -0.488 e. The summed E-state index contributed by atoms with van der Waals surface area (Å²) in [6.07, 6.45) is 2.64. The van der Waals surface area contributed by atoms with Crippen molar-refractivity contribution >= 4 is 17.6 Å². The zero-order valence-electron chi connectivity index (χ0n) is 20.6. The lowest BCUT2D eigenvalue weighted by atomic mass is 10.0. The number of rotatable bonds is 8. The minimum atomic E-state index is -0.288.